The zero-order chi connectivity index (χ0) is 21.2. The molecule has 154 valence electrons. The number of para-hydroxylation sites is 2. The Morgan fingerprint density at radius 3 is 2.52 bits per heavy atom. The number of anilines is 1. The van der Waals surface area contributed by atoms with Crippen molar-refractivity contribution in [3.63, 3.8) is 0 Å². The number of esters is 1. The Kier molecular flexibility index (Phi) is 5.85. The van der Waals surface area contributed by atoms with E-state index in [0.717, 1.165) is 28.6 Å². The number of hydrogen-bond donors (Lipinski definition) is 0. The van der Waals surface area contributed by atoms with Crippen molar-refractivity contribution in [1.82, 2.24) is 4.31 Å². The van der Waals surface area contributed by atoms with E-state index in [-0.39, 0.29) is 11.4 Å². The van der Waals surface area contributed by atoms with E-state index in [4.69, 9.17) is 9.47 Å². The van der Waals surface area contributed by atoms with Gasteiger partial charge in [-0.1, -0.05) is 12.1 Å². The lowest BCUT2D eigenvalue weighted by atomic mass is 10.2. The molecule has 1 aliphatic rings. The molecule has 0 spiro atoms. The summed E-state index contributed by atoms with van der Waals surface area (Å²) in [5.74, 6) is -1.46. The number of ether oxygens (including phenoxy) is 2. The fourth-order valence-corrected chi connectivity index (χ4v) is 3.99. The molecule has 1 heterocycles. The molecule has 0 N–H and O–H groups in total. The average molecular weight is 422 g/mol. The van der Waals surface area contributed by atoms with Crippen molar-refractivity contribution in [3.8, 4) is 5.75 Å². The Hall–Kier alpha value is -2.98. The van der Waals surface area contributed by atoms with Crippen molar-refractivity contribution in [2.24, 2.45) is 0 Å². The minimum Gasteiger partial charge on any atom is -0.475 e. The summed E-state index contributed by atoms with van der Waals surface area (Å²) in [7, 11) is -1.54. The standard InChI is InChI=1S/C19H19FN2O6S/c1-21(29(25,26)14-9-7-13(20)8-10-14)12-18(23)22-11-17(19(24)27-2)28-16-6-4-3-5-15(16)22/h3-10,17H,11-12H2,1-2H3. The normalized spacial score (nSPS) is 16.1. The molecule has 0 saturated carbocycles. The SMILES string of the molecule is COC(=O)C1CN(C(=O)CN(C)S(=O)(=O)c2ccc(F)cc2)c2ccccc2O1. The number of amides is 1. The van der Waals surface area contributed by atoms with E-state index in [1.165, 1.54) is 19.1 Å². The van der Waals surface area contributed by atoms with Crippen LogP contribution in [0.1, 0.15) is 0 Å². The van der Waals surface area contributed by atoms with Gasteiger partial charge in [-0.15, -0.1) is 0 Å². The minimum absolute atomic E-state index is 0.118. The number of likely N-dealkylation sites (N-methyl/N-ethyl adjacent to an activating group) is 1. The highest BCUT2D eigenvalue weighted by molar-refractivity contribution is 7.89. The summed E-state index contributed by atoms with van der Waals surface area (Å²) in [6.45, 7) is -0.602. The van der Waals surface area contributed by atoms with Gasteiger partial charge in [-0.25, -0.2) is 17.6 Å². The molecule has 10 heteroatoms. The van der Waals surface area contributed by atoms with Gasteiger partial charge in [0, 0.05) is 7.05 Å². The van der Waals surface area contributed by atoms with Crippen molar-refractivity contribution in [2.45, 2.75) is 11.0 Å². The molecule has 29 heavy (non-hydrogen) atoms. The summed E-state index contributed by atoms with van der Waals surface area (Å²) in [6, 6.07) is 10.9. The molecule has 2 aromatic carbocycles. The molecular formula is C19H19FN2O6S. The first-order valence-corrected chi connectivity index (χ1v) is 10.0. The van der Waals surface area contributed by atoms with Crippen LogP contribution in [0, 0.1) is 5.82 Å². The Bertz CT molecular complexity index is 1030. The molecule has 1 unspecified atom stereocenters. The van der Waals surface area contributed by atoms with Crippen molar-refractivity contribution in [2.75, 3.05) is 32.1 Å². The fraction of sp³-hybridized carbons (Fsp3) is 0.263. The second-order valence-electron chi connectivity index (χ2n) is 6.32. The van der Waals surface area contributed by atoms with Crippen molar-refractivity contribution in [3.05, 3.63) is 54.3 Å². The van der Waals surface area contributed by atoms with Crippen LogP contribution >= 0.6 is 0 Å². The highest BCUT2D eigenvalue weighted by Crippen LogP contribution is 2.33. The summed E-state index contributed by atoms with van der Waals surface area (Å²) >= 11 is 0. The second kappa shape index (κ2) is 8.18. The molecule has 0 bridgehead atoms. The Morgan fingerprint density at radius 2 is 1.86 bits per heavy atom. The summed E-state index contributed by atoms with van der Waals surface area (Å²) < 4.78 is 49.5. The number of benzene rings is 2. The van der Waals surface area contributed by atoms with Crippen LogP contribution < -0.4 is 9.64 Å². The third kappa shape index (κ3) is 4.22. The quantitative estimate of drug-likeness (QED) is 0.677. The van der Waals surface area contributed by atoms with Gasteiger partial charge in [0.25, 0.3) is 0 Å². The number of carbonyl (C=O) groups excluding carboxylic acids is 2. The topological polar surface area (TPSA) is 93.2 Å². The van der Waals surface area contributed by atoms with Gasteiger partial charge in [0.05, 0.1) is 30.8 Å². The Labute approximate surface area is 167 Å². The minimum atomic E-state index is -4.01. The Morgan fingerprint density at radius 1 is 1.21 bits per heavy atom. The first-order chi connectivity index (χ1) is 13.7. The number of hydrogen-bond acceptors (Lipinski definition) is 6. The largest absolute Gasteiger partial charge is 0.475 e. The van der Waals surface area contributed by atoms with Crippen LogP contribution in [0.15, 0.2) is 53.4 Å². The highest BCUT2D eigenvalue weighted by Gasteiger charge is 2.35. The van der Waals surface area contributed by atoms with Gasteiger partial charge >= 0.3 is 5.97 Å². The van der Waals surface area contributed by atoms with Crippen LogP contribution in [0.25, 0.3) is 0 Å². The lowest BCUT2D eigenvalue weighted by Crippen LogP contribution is -2.50. The van der Waals surface area contributed by atoms with Gasteiger partial charge in [-0.2, -0.15) is 4.31 Å². The molecule has 0 fully saturated rings. The van der Waals surface area contributed by atoms with Gasteiger partial charge in [0.15, 0.2) is 0 Å². The average Bonchev–Trinajstić information content (AvgIpc) is 2.72. The van der Waals surface area contributed by atoms with Crippen LogP contribution in [0.4, 0.5) is 10.1 Å². The van der Waals surface area contributed by atoms with Gasteiger partial charge in [-0.3, -0.25) is 4.79 Å². The maximum absolute atomic E-state index is 13.1. The van der Waals surface area contributed by atoms with Crippen LogP contribution in [0.5, 0.6) is 5.75 Å². The van der Waals surface area contributed by atoms with Crippen molar-refractivity contribution < 1.29 is 31.9 Å². The van der Waals surface area contributed by atoms with Crippen LogP contribution in [0.3, 0.4) is 0 Å². The maximum atomic E-state index is 13.1. The monoisotopic (exact) mass is 422 g/mol. The van der Waals surface area contributed by atoms with E-state index in [1.54, 1.807) is 24.3 Å². The molecule has 0 aliphatic carbocycles. The molecule has 8 nitrogen and oxygen atoms in total. The van der Waals surface area contributed by atoms with E-state index in [1.807, 2.05) is 0 Å². The van der Waals surface area contributed by atoms with E-state index in [0.29, 0.717) is 11.4 Å². The van der Waals surface area contributed by atoms with Crippen LogP contribution in [-0.2, 0) is 24.3 Å². The first kappa shape index (κ1) is 20.7. The highest BCUT2D eigenvalue weighted by atomic mass is 32.2. The third-order valence-corrected chi connectivity index (χ3v) is 6.24. The van der Waals surface area contributed by atoms with Crippen molar-refractivity contribution in [1.29, 1.82) is 0 Å². The molecule has 3 rings (SSSR count). The van der Waals surface area contributed by atoms with E-state index in [2.05, 4.69) is 0 Å². The summed E-state index contributed by atoms with van der Waals surface area (Å²) in [5.41, 5.74) is 0.422. The van der Waals surface area contributed by atoms with Gasteiger partial charge < -0.3 is 14.4 Å². The first-order valence-electron chi connectivity index (χ1n) is 8.60. The summed E-state index contributed by atoms with van der Waals surface area (Å²) in [6.07, 6.45) is -1.03. The number of carbonyl (C=O) groups is 2. The summed E-state index contributed by atoms with van der Waals surface area (Å²) in [5, 5.41) is 0. The second-order valence-corrected chi connectivity index (χ2v) is 8.36. The van der Waals surface area contributed by atoms with Gasteiger partial charge in [-0.05, 0) is 36.4 Å². The number of nitrogens with zero attached hydrogens (tertiary/aromatic N) is 2. The molecule has 0 aromatic heterocycles. The predicted molar refractivity (Wildman–Crippen MR) is 101 cm³/mol. The molecule has 2 aromatic rings. The number of sulfonamides is 1. The van der Waals surface area contributed by atoms with Crippen LogP contribution in [-0.4, -0.2) is 58.0 Å². The molecule has 1 aliphatic heterocycles. The van der Waals surface area contributed by atoms with Crippen LogP contribution in [0.2, 0.25) is 0 Å². The predicted octanol–water partition coefficient (Wildman–Crippen LogP) is 1.41. The van der Waals surface area contributed by atoms with Gasteiger partial charge in [0.1, 0.15) is 11.6 Å². The lowest BCUT2D eigenvalue weighted by molar-refractivity contribution is -0.148. The number of rotatable bonds is 5. The fourth-order valence-electron chi connectivity index (χ4n) is 2.87. The molecular weight excluding hydrogens is 403 g/mol. The summed E-state index contributed by atoms with van der Waals surface area (Å²) in [4.78, 5) is 26.0. The number of fused-ring (bicyclic) bond motifs is 1. The molecule has 0 saturated heterocycles. The van der Waals surface area contributed by atoms with E-state index >= 15 is 0 Å². The number of methoxy groups -OCH3 is 1. The zero-order valence-electron chi connectivity index (χ0n) is 15.7. The Balaban J connectivity index is 1.83. The molecule has 1 atom stereocenters. The van der Waals surface area contributed by atoms with Gasteiger partial charge in [0.2, 0.25) is 22.0 Å². The smallest absolute Gasteiger partial charge is 0.348 e. The van der Waals surface area contributed by atoms with Crippen molar-refractivity contribution >= 4 is 27.6 Å². The molecule has 1 amide bonds. The molecule has 0 radical (unpaired) electrons. The number of halogens is 1. The van der Waals surface area contributed by atoms with E-state index in [9.17, 15) is 22.4 Å². The van der Waals surface area contributed by atoms with E-state index < -0.39 is 40.4 Å². The lowest BCUT2D eigenvalue weighted by Gasteiger charge is -2.34. The third-order valence-electron chi connectivity index (χ3n) is 4.42. The zero-order valence-corrected chi connectivity index (χ0v) is 16.6. The maximum Gasteiger partial charge on any atom is 0.348 e.